The van der Waals surface area contributed by atoms with Gasteiger partial charge in [0, 0.05) is 70.2 Å². The number of hydrogen-bond acceptors (Lipinski definition) is 28. The Bertz CT molecular complexity index is 2930. The number of rotatable bonds is 30. The van der Waals surface area contributed by atoms with E-state index < -0.39 is 144 Å². The third-order valence-electron chi connectivity index (χ3n) is 12.5. The van der Waals surface area contributed by atoms with E-state index in [1.165, 1.54) is 43.0 Å². The molecule has 1 spiro atoms. The summed E-state index contributed by atoms with van der Waals surface area (Å²) in [6, 6.07) is 5.72. The number of hydrogen-bond donors (Lipinski definition) is 0. The lowest BCUT2D eigenvalue weighted by Crippen LogP contribution is -2.42. The fraction of sp³-hybridized carbons (Fsp3) is 0.473. The zero-order valence-electron chi connectivity index (χ0n) is 48.0. The average molecular weight is 1240 g/mol. The molecule has 5 rings (SSSR count). The highest BCUT2D eigenvalue weighted by atomic mass is 35.5. The van der Waals surface area contributed by atoms with Gasteiger partial charge in [0.2, 0.25) is 40.8 Å². The third-order valence-corrected chi connectivity index (χ3v) is 13.0. The summed E-state index contributed by atoms with van der Waals surface area (Å²) in [5.74, 6) is -9.14. The van der Waals surface area contributed by atoms with Crippen molar-refractivity contribution in [1.29, 1.82) is 0 Å². The molecule has 0 aromatic heterocycles. The Morgan fingerprint density at radius 2 is 0.871 bits per heavy atom. The number of carbonyl (C=O) groups excluding carboxylic acids is 11. The maximum Gasteiger partial charge on any atom is 0.340 e. The molecule has 85 heavy (non-hydrogen) atoms. The third kappa shape index (κ3) is 17.8. The first-order valence-electron chi connectivity index (χ1n) is 25.5. The van der Waals surface area contributed by atoms with E-state index in [4.69, 9.17) is 84.8 Å². The molecule has 0 fully saturated rings. The van der Waals surface area contributed by atoms with Crippen molar-refractivity contribution >= 4 is 94.6 Å². The van der Waals surface area contributed by atoms with Crippen LogP contribution in [0.15, 0.2) is 24.3 Å². The van der Waals surface area contributed by atoms with Crippen LogP contribution >= 0.6 is 23.2 Å². The second-order valence-corrected chi connectivity index (χ2v) is 19.8. The Labute approximate surface area is 496 Å². The van der Waals surface area contributed by atoms with Crippen LogP contribution in [0.3, 0.4) is 0 Å². The Kier molecular flexibility index (Phi) is 24.1. The number of nitrogens with zero attached hydrogens (tertiary/aromatic N) is 2. The summed E-state index contributed by atoms with van der Waals surface area (Å²) in [5, 5.41) is -0.0223. The Hall–Kier alpha value is -8.47. The van der Waals surface area contributed by atoms with Crippen LogP contribution < -0.4 is 19.1 Å². The number of halogens is 2. The monoisotopic (exact) mass is 1240 g/mol. The quantitative estimate of drug-likeness (QED) is 0.0389. The Balaban J connectivity index is 1.68. The molecule has 2 aliphatic rings. The van der Waals surface area contributed by atoms with Crippen LogP contribution in [0.1, 0.15) is 105 Å². The summed E-state index contributed by atoms with van der Waals surface area (Å²) in [4.78, 5) is 139. The Morgan fingerprint density at radius 3 is 1.27 bits per heavy atom. The van der Waals surface area contributed by atoms with E-state index in [-0.39, 0.29) is 70.5 Å². The Morgan fingerprint density at radius 1 is 0.482 bits per heavy atom. The van der Waals surface area contributed by atoms with Crippen molar-refractivity contribution in [3.05, 3.63) is 78.8 Å². The molecule has 0 atom stereocenters. The van der Waals surface area contributed by atoms with Gasteiger partial charge in [-0.25, -0.2) is 4.79 Å². The van der Waals surface area contributed by atoms with Crippen molar-refractivity contribution in [3.8, 4) is 17.2 Å². The zero-order chi connectivity index (χ0) is 62.9. The summed E-state index contributed by atoms with van der Waals surface area (Å²) < 4.78 is 80.1. The molecule has 0 saturated carbocycles. The molecule has 0 amide bonds. The van der Waals surface area contributed by atoms with Crippen LogP contribution in [0.2, 0.25) is 10.0 Å². The van der Waals surface area contributed by atoms with Gasteiger partial charge in [0.15, 0.2) is 5.60 Å². The van der Waals surface area contributed by atoms with Crippen molar-refractivity contribution < 1.29 is 124 Å². The smallest absolute Gasteiger partial charge is 0.340 e. The van der Waals surface area contributed by atoms with Gasteiger partial charge in [0.25, 0.3) is 0 Å². The van der Waals surface area contributed by atoms with Crippen molar-refractivity contribution in [3.63, 3.8) is 0 Å². The lowest BCUT2D eigenvalue weighted by molar-refractivity contribution is -0.170. The van der Waals surface area contributed by atoms with Crippen LogP contribution in [-0.2, 0) is 116 Å². The molecule has 0 radical (unpaired) electrons. The predicted octanol–water partition coefficient (Wildman–Crippen LogP) is 4.27. The lowest BCUT2D eigenvalue weighted by atomic mass is 9.59. The fourth-order valence-corrected chi connectivity index (χ4v) is 9.82. The number of fused-ring (bicyclic) bond motifs is 6. The van der Waals surface area contributed by atoms with Gasteiger partial charge in [-0.05, 0) is 60.4 Å². The van der Waals surface area contributed by atoms with Crippen molar-refractivity contribution in [2.24, 2.45) is 0 Å². The van der Waals surface area contributed by atoms with Crippen LogP contribution in [-0.4, -0.2) is 164 Å². The van der Waals surface area contributed by atoms with E-state index >= 15 is 0 Å². The normalized spacial score (nSPS) is 12.9. The molecule has 0 N–H and O–H groups in total. The number of anilines is 1. The average Bonchev–Trinajstić information content (AvgIpc) is 1.67. The van der Waals surface area contributed by atoms with E-state index in [2.05, 4.69) is 9.47 Å². The lowest BCUT2D eigenvalue weighted by Gasteiger charge is -2.46. The molecular weight excluding hydrogens is 1180 g/mol. The highest BCUT2D eigenvalue weighted by Crippen LogP contribution is 2.62. The van der Waals surface area contributed by atoms with Gasteiger partial charge < -0.3 is 76.0 Å². The predicted molar refractivity (Wildman–Crippen MR) is 287 cm³/mol. The first-order valence-corrected chi connectivity index (χ1v) is 26.3. The number of ether oxygens (including phenoxy) is 15. The molecule has 3 aromatic rings. The largest absolute Gasteiger partial charge is 0.489 e. The van der Waals surface area contributed by atoms with Crippen LogP contribution in [0.4, 0.5) is 5.69 Å². The summed E-state index contributed by atoms with van der Waals surface area (Å²) in [6.45, 7) is 6.09. The summed E-state index contributed by atoms with van der Waals surface area (Å²) in [6.07, 6.45) is 0. The zero-order valence-corrected chi connectivity index (χ0v) is 49.5. The van der Waals surface area contributed by atoms with Crippen LogP contribution in [0.5, 0.6) is 17.2 Å². The van der Waals surface area contributed by atoms with Gasteiger partial charge in [-0.1, -0.05) is 37.0 Å². The van der Waals surface area contributed by atoms with E-state index in [1.807, 2.05) is 13.8 Å². The highest BCUT2D eigenvalue weighted by molar-refractivity contribution is 6.33. The van der Waals surface area contributed by atoms with E-state index in [1.54, 1.807) is 13.8 Å². The van der Waals surface area contributed by atoms with Gasteiger partial charge in [-0.2, -0.15) is 0 Å². The maximum atomic E-state index is 14.9. The molecule has 1 heterocycles. The van der Waals surface area contributed by atoms with Gasteiger partial charge in [0.05, 0.1) is 47.6 Å². The van der Waals surface area contributed by atoms with Crippen molar-refractivity contribution in [2.75, 3.05) is 98.2 Å². The first kappa shape index (κ1) is 67.3. The minimum absolute atomic E-state index is 0.0111. The van der Waals surface area contributed by atoms with Crippen LogP contribution in [0.25, 0.3) is 0 Å². The second-order valence-electron chi connectivity index (χ2n) is 18.9. The number of esters is 11. The number of carbonyl (C=O) groups is 11. The summed E-state index contributed by atoms with van der Waals surface area (Å²) in [5.41, 5.74) is -0.906. The van der Waals surface area contributed by atoms with Crippen molar-refractivity contribution in [1.82, 2.24) is 4.90 Å². The standard InChI is InChI=1S/C55H62Cl2N2O26/c1-29-49-39(16-41(56)51(29)83-27-77-35(7)64)55(40-17-42(57)52(84-28-78-36(8)65)30(2)50(40)54(49,9)10)38-18-44(72-14-13-71-12-11-58(19-45(66)79-23-73-31(3)60)20-46(67)80-24-74-32(4)61)43(15-37(38)53(70)85-55)59(21-47(68)81-25-75-33(5)62)22-48(69)82-26-76-34(6)63/h15-18H,11-14,19-28H2,1-10H3. The van der Waals surface area contributed by atoms with Crippen LogP contribution in [0, 0.1) is 13.8 Å². The van der Waals surface area contributed by atoms with E-state index in [9.17, 15) is 52.7 Å². The molecule has 0 bridgehead atoms. The number of benzene rings is 3. The van der Waals surface area contributed by atoms with Gasteiger partial charge in [0.1, 0.15) is 36.9 Å². The van der Waals surface area contributed by atoms with Gasteiger partial charge in [-0.3, -0.25) is 52.8 Å². The van der Waals surface area contributed by atoms with E-state index in [0.717, 1.165) is 32.6 Å². The summed E-state index contributed by atoms with van der Waals surface area (Å²) >= 11 is 14.2. The SMILES string of the molecule is CC(=O)OCOC(=O)CN(CCOCCOc1cc2c(cc1N(CC(=O)OCOC(C)=O)CC(=O)OCOC(C)=O)C(=O)OC21c2cc(Cl)c(OCOC(C)=O)c(C)c2C(C)(C)c2c1cc(Cl)c(OCOC(C)=O)c2C)CC(=O)OCOC(C)=O. The summed E-state index contributed by atoms with van der Waals surface area (Å²) in [7, 11) is 0. The second kappa shape index (κ2) is 30.4. The molecule has 1 aliphatic heterocycles. The molecule has 462 valence electrons. The molecule has 0 saturated heterocycles. The minimum atomic E-state index is -2.01. The molecule has 0 unspecified atom stereocenters. The molecule has 30 heteroatoms. The van der Waals surface area contributed by atoms with Gasteiger partial charge >= 0.3 is 65.7 Å². The fourth-order valence-electron chi connectivity index (χ4n) is 9.21. The van der Waals surface area contributed by atoms with E-state index in [0.29, 0.717) is 33.4 Å². The van der Waals surface area contributed by atoms with Crippen molar-refractivity contribution in [2.45, 2.75) is 80.3 Å². The minimum Gasteiger partial charge on any atom is -0.489 e. The topological polar surface area (TPSA) is 333 Å². The molecule has 1 aliphatic carbocycles. The molecule has 3 aromatic carbocycles. The maximum absolute atomic E-state index is 14.9. The highest BCUT2D eigenvalue weighted by Gasteiger charge is 2.58. The first-order chi connectivity index (χ1) is 40.1. The molecular formula is C55H62Cl2N2O26. The molecule has 28 nitrogen and oxygen atoms in total. The van der Waals surface area contributed by atoms with Gasteiger partial charge in [-0.15, -0.1) is 0 Å².